The number of halogens is 2. The van der Waals surface area contributed by atoms with E-state index in [2.05, 4.69) is 5.10 Å². The molecule has 1 heterocycles. The Labute approximate surface area is 91.5 Å². The van der Waals surface area contributed by atoms with Crippen molar-refractivity contribution < 1.29 is 8.78 Å². The SMILES string of the molecule is Cc1cnn(Cc2cccc(F)c2F)c1N. The number of nitrogens with two attached hydrogens (primary N) is 1. The predicted molar refractivity (Wildman–Crippen MR) is 56.8 cm³/mol. The number of nitrogen functional groups attached to an aromatic ring is 1. The molecule has 1 aromatic heterocycles. The van der Waals surface area contributed by atoms with Crippen LogP contribution in [-0.4, -0.2) is 9.78 Å². The van der Waals surface area contributed by atoms with Gasteiger partial charge in [-0.25, -0.2) is 13.5 Å². The number of nitrogens with zero attached hydrogens (tertiary/aromatic N) is 2. The summed E-state index contributed by atoms with van der Waals surface area (Å²) >= 11 is 0. The number of benzene rings is 1. The zero-order valence-electron chi connectivity index (χ0n) is 8.74. The van der Waals surface area contributed by atoms with Crippen LogP contribution in [0.25, 0.3) is 0 Å². The lowest BCUT2D eigenvalue weighted by atomic mass is 10.2. The average Bonchev–Trinajstić information content (AvgIpc) is 2.57. The molecule has 0 saturated heterocycles. The van der Waals surface area contributed by atoms with E-state index >= 15 is 0 Å². The van der Waals surface area contributed by atoms with Crippen LogP contribution in [0, 0.1) is 18.6 Å². The van der Waals surface area contributed by atoms with Gasteiger partial charge >= 0.3 is 0 Å². The molecule has 2 aromatic rings. The Balaban J connectivity index is 2.34. The zero-order chi connectivity index (χ0) is 11.7. The van der Waals surface area contributed by atoms with Crippen LogP contribution in [0.15, 0.2) is 24.4 Å². The lowest BCUT2D eigenvalue weighted by Crippen LogP contribution is -2.08. The summed E-state index contributed by atoms with van der Waals surface area (Å²) in [4.78, 5) is 0. The molecule has 0 aliphatic heterocycles. The molecule has 0 bridgehead atoms. The molecule has 16 heavy (non-hydrogen) atoms. The summed E-state index contributed by atoms with van der Waals surface area (Å²) in [5.41, 5.74) is 6.77. The van der Waals surface area contributed by atoms with Gasteiger partial charge in [0, 0.05) is 11.1 Å². The maximum Gasteiger partial charge on any atom is 0.163 e. The first-order chi connectivity index (χ1) is 7.59. The largest absolute Gasteiger partial charge is 0.384 e. The van der Waals surface area contributed by atoms with E-state index in [1.165, 1.54) is 16.8 Å². The number of rotatable bonds is 2. The van der Waals surface area contributed by atoms with Crippen molar-refractivity contribution in [1.29, 1.82) is 0 Å². The molecule has 5 heteroatoms. The molecule has 0 fully saturated rings. The predicted octanol–water partition coefficient (Wildman–Crippen LogP) is 2.10. The third-order valence-electron chi connectivity index (χ3n) is 2.42. The van der Waals surface area contributed by atoms with E-state index in [0.29, 0.717) is 5.82 Å². The second-order valence-electron chi connectivity index (χ2n) is 3.58. The minimum absolute atomic E-state index is 0.128. The molecule has 0 unspecified atom stereocenters. The Morgan fingerprint density at radius 3 is 2.75 bits per heavy atom. The van der Waals surface area contributed by atoms with Gasteiger partial charge in [0.25, 0.3) is 0 Å². The summed E-state index contributed by atoms with van der Waals surface area (Å²) < 4.78 is 27.8. The Hall–Kier alpha value is -1.91. The van der Waals surface area contributed by atoms with E-state index in [9.17, 15) is 8.78 Å². The van der Waals surface area contributed by atoms with E-state index in [1.807, 2.05) is 0 Å². The molecule has 0 amide bonds. The van der Waals surface area contributed by atoms with Crippen LogP contribution in [-0.2, 0) is 6.54 Å². The third-order valence-corrected chi connectivity index (χ3v) is 2.42. The van der Waals surface area contributed by atoms with Crippen LogP contribution in [0.4, 0.5) is 14.6 Å². The van der Waals surface area contributed by atoms with Crippen LogP contribution in [0.5, 0.6) is 0 Å². The van der Waals surface area contributed by atoms with Crippen LogP contribution in [0.3, 0.4) is 0 Å². The third kappa shape index (κ3) is 1.76. The number of hydrogen-bond acceptors (Lipinski definition) is 2. The van der Waals surface area contributed by atoms with Gasteiger partial charge in [0.05, 0.1) is 12.7 Å². The van der Waals surface area contributed by atoms with E-state index in [-0.39, 0.29) is 12.1 Å². The maximum absolute atomic E-state index is 13.4. The van der Waals surface area contributed by atoms with Crippen LogP contribution >= 0.6 is 0 Å². The van der Waals surface area contributed by atoms with Crippen LogP contribution in [0.1, 0.15) is 11.1 Å². The standard InChI is InChI=1S/C11H11F2N3/c1-7-5-15-16(11(7)14)6-8-3-2-4-9(12)10(8)13/h2-5H,6,14H2,1H3. The van der Waals surface area contributed by atoms with Crippen molar-refractivity contribution in [2.45, 2.75) is 13.5 Å². The molecule has 0 spiro atoms. The molecular weight excluding hydrogens is 212 g/mol. The summed E-state index contributed by atoms with van der Waals surface area (Å²) in [6, 6.07) is 4.05. The molecule has 2 rings (SSSR count). The van der Waals surface area contributed by atoms with Gasteiger partial charge in [-0.2, -0.15) is 5.10 Å². The summed E-state index contributed by atoms with van der Waals surface area (Å²) in [6.07, 6.45) is 1.59. The van der Waals surface area contributed by atoms with Crippen LogP contribution < -0.4 is 5.73 Å². The Kier molecular flexibility index (Phi) is 2.60. The van der Waals surface area contributed by atoms with Crippen molar-refractivity contribution in [3.8, 4) is 0 Å². The van der Waals surface area contributed by atoms with Gasteiger partial charge in [0.15, 0.2) is 11.6 Å². The van der Waals surface area contributed by atoms with Crippen molar-refractivity contribution >= 4 is 5.82 Å². The highest BCUT2D eigenvalue weighted by Crippen LogP contribution is 2.15. The molecule has 2 N–H and O–H groups in total. The molecule has 84 valence electrons. The monoisotopic (exact) mass is 223 g/mol. The summed E-state index contributed by atoms with van der Waals surface area (Å²) in [5.74, 6) is -1.25. The first-order valence-corrected chi connectivity index (χ1v) is 4.80. The molecular formula is C11H11F2N3. The lowest BCUT2D eigenvalue weighted by Gasteiger charge is -2.06. The lowest BCUT2D eigenvalue weighted by molar-refractivity contribution is 0.492. The minimum Gasteiger partial charge on any atom is -0.384 e. The van der Waals surface area contributed by atoms with Crippen molar-refractivity contribution in [1.82, 2.24) is 9.78 Å². The Bertz CT molecular complexity index is 520. The van der Waals surface area contributed by atoms with E-state index in [4.69, 9.17) is 5.73 Å². The first kappa shape index (κ1) is 10.6. The number of anilines is 1. The zero-order valence-corrected chi connectivity index (χ0v) is 8.74. The summed E-state index contributed by atoms with van der Waals surface area (Å²) in [7, 11) is 0. The van der Waals surface area contributed by atoms with Crippen molar-refractivity contribution in [3.63, 3.8) is 0 Å². The average molecular weight is 223 g/mol. The highest BCUT2D eigenvalue weighted by molar-refractivity contribution is 5.38. The second-order valence-corrected chi connectivity index (χ2v) is 3.58. The van der Waals surface area contributed by atoms with Crippen molar-refractivity contribution in [2.75, 3.05) is 5.73 Å². The van der Waals surface area contributed by atoms with Gasteiger partial charge in [-0.05, 0) is 13.0 Å². The van der Waals surface area contributed by atoms with Gasteiger partial charge in [0.1, 0.15) is 5.82 Å². The maximum atomic E-state index is 13.4. The molecule has 3 nitrogen and oxygen atoms in total. The normalized spacial score (nSPS) is 10.7. The summed E-state index contributed by atoms with van der Waals surface area (Å²) in [5, 5.41) is 3.98. The number of aromatic nitrogens is 2. The fourth-order valence-electron chi connectivity index (χ4n) is 1.45. The Morgan fingerprint density at radius 1 is 1.38 bits per heavy atom. The first-order valence-electron chi connectivity index (χ1n) is 4.80. The minimum atomic E-state index is -0.861. The second kappa shape index (κ2) is 3.92. The van der Waals surface area contributed by atoms with E-state index in [0.717, 1.165) is 11.6 Å². The Morgan fingerprint density at radius 2 is 2.12 bits per heavy atom. The molecule has 0 atom stereocenters. The molecule has 0 radical (unpaired) electrons. The number of hydrogen-bond donors (Lipinski definition) is 1. The highest BCUT2D eigenvalue weighted by Gasteiger charge is 2.10. The van der Waals surface area contributed by atoms with Gasteiger partial charge in [-0.15, -0.1) is 0 Å². The molecule has 0 aliphatic carbocycles. The summed E-state index contributed by atoms with van der Waals surface area (Å²) in [6.45, 7) is 1.93. The quantitative estimate of drug-likeness (QED) is 0.847. The smallest absolute Gasteiger partial charge is 0.163 e. The van der Waals surface area contributed by atoms with Gasteiger partial charge in [0.2, 0.25) is 0 Å². The molecule has 1 aromatic carbocycles. The molecule has 0 saturated carbocycles. The van der Waals surface area contributed by atoms with Crippen LogP contribution in [0.2, 0.25) is 0 Å². The fraction of sp³-hybridized carbons (Fsp3) is 0.182. The van der Waals surface area contributed by atoms with E-state index < -0.39 is 11.6 Å². The van der Waals surface area contributed by atoms with Crippen molar-refractivity contribution in [2.24, 2.45) is 0 Å². The molecule has 0 aliphatic rings. The van der Waals surface area contributed by atoms with Crippen molar-refractivity contribution in [3.05, 3.63) is 47.2 Å². The van der Waals surface area contributed by atoms with Gasteiger partial charge < -0.3 is 5.73 Å². The number of aryl methyl sites for hydroxylation is 1. The fourth-order valence-corrected chi connectivity index (χ4v) is 1.45. The topological polar surface area (TPSA) is 43.8 Å². The van der Waals surface area contributed by atoms with Gasteiger partial charge in [-0.3, -0.25) is 0 Å². The van der Waals surface area contributed by atoms with E-state index in [1.54, 1.807) is 13.1 Å². The van der Waals surface area contributed by atoms with Gasteiger partial charge in [-0.1, -0.05) is 12.1 Å². The highest BCUT2D eigenvalue weighted by atomic mass is 19.2.